The highest BCUT2D eigenvalue weighted by molar-refractivity contribution is 6.06. The molecule has 16 heteroatoms. The molecule has 0 fully saturated rings. The Labute approximate surface area is 327 Å². The van der Waals surface area contributed by atoms with Crippen LogP contribution in [0.2, 0.25) is 0 Å². The standard InChI is InChI=1S/C41H40N8O8/c1-23(2)57-37-33(17-16-32(36(37)51)45-31-18-34(41(55)56)49(3)22-31)48-40(54)27-8-12-28(13-9-27)44-21-30(19-35(43)50)47-39(53)26-10-14-29(15-11-26)46-38(52)25-6-4-24(20-42)5-7-25/h4-18,22-23,30,44-45,51H,19,21H2,1-3H3,(H2,43,50)(H,46,52)(H,47,53)(H,48,54)(H,55,56)/t30-/m0/s1. The van der Waals surface area contributed by atoms with Crippen LogP contribution in [0.15, 0.2) is 97.2 Å². The number of hydrogen-bond acceptors (Lipinski definition) is 10. The van der Waals surface area contributed by atoms with Gasteiger partial charge in [-0.2, -0.15) is 5.26 Å². The van der Waals surface area contributed by atoms with E-state index in [-0.39, 0.29) is 64.7 Å². The van der Waals surface area contributed by atoms with E-state index in [1.54, 1.807) is 69.6 Å². The van der Waals surface area contributed by atoms with Crippen molar-refractivity contribution in [3.63, 3.8) is 0 Å². The zero-order valence-corrected chi connectivity index (χ0v) is 31.1. The van der Waals surface area contributed by atoms with Gasteiger partial charge in [-0.15, -0.1) is 0 Å². The van der Waals surface area contributed by atoms with Crippen LogP contribution in [0.3, 0.4) is 0 Å². The number of carboxylic acid groups (broad SMARTS) is 1. The molecular formula is C41H40N8O8. The second-order valence-electron chi connectivity index (χ2n) is 13.1. The summed E-state index contributed by atoms with van der Waals surface area (Å²) in [5.41, 5.74) is 8.75. The second kappa shape index (κ2) is 18.0. The Morgan fingerprint density at radius 2 is 1.35 bits per heavy atom. The number of phenolic OH excluding ortho intramolecular Hbond substituents is 1. The molecule has 9 N–H and O–H groups in total. The molecule has 5 aromatic rings. The smallest absolute Gasteiger partial charge is 0.352 e. The number of phenols is 1. The van der Waals surface area contributed by atoms with Gasteiger partial charge in [0.1, 0.15) is 5.69 Å². The molecule has 1 atom stereocenters. The van der Waals surface area contributed by atoms with E-state index in [9.17, 15) is 34.2 Å². The van der Waals surface area contributed by atoms with Crippen molar-refractivity contribution in [3.05, 3.63) is 125 Å². The fourth-order valence-electron chi connectivity index (χ4n) is 5.59. The minimum atomic E-state index is -1.11. The van der Waals surface area contributed by atoms with E-state index in [1.165, 1.54) is 53.1 Å². The first-order valence-corrected chi connectivity index (χ1v) is 17.6. The first-order valence-electron chi connectivity index (χ1n) is 17.6. The molecule has 5 rings (SSSR count). The molecule has 0 radical (unpaired) electrons. The monoisotopic (exact) mass is 772 g/mol. The molecule has 0 bridgehead atoms. The number of aromatic nitrogens is 1. The number of hydrogen-bond donors (Lipinski definition) is 8. The number of carboxylic acids is 1. The fraction of sp³-hybridized carbons (Fsp3) is 0.171. The molecule has 16 nitrogen and oxygen atoms in total. The number of nitriles is 1. The van der Waals surface area contributed by atoms with Gasteiger partial charge in [0.05, 0.1) is 40.8 Å². The van der Waals surface area contributed by atoms with Crippen LogP contribution in [0, 0.1) is 11.3 Å². The molecule has 57 heavy (non-hydrogen) atoms. The zero-order valence-electron chi connectivity index (χ0n) is 31.1. The maximum absolute atomic E-state index is 13.3. The maximum atomic E-state index is 13.3. The molecule has 292 valence electrons. The number of aromatic hydroxyl groups is 1. The van der Waals surface area contributed by atoms with Gasteiger partial charge in [-0.3, -0.25) is 19.2 Å². The van der Waals surface area contributed by atoms with E-state index in [2.05, 4.69) is 26.6 Å². The number of primary amides is 1. The number of anilines is 5. The lowest BCUT2D eigenvalue weighted by molar-refractivity contribution is -0.118. The largest absolute Gasteiger partial charge is 0.503 e. The van der Waals surface area contributed by atoms with Crippen LogP contribution in [-0.2, 0) is 11.8 Å². The fourth-order valence-corrected chi connectivity index (χ4v) is 5.59. The summed E-state index contributed by atoms with van der Waals surface area (Å²) in [7, 11) is 1.58. The highest BCUT2D eigenvalue weighted by Gasteiger charge is 2.21. The van der Waals surface area contributed by atoms with E-state index < -0.39 is 29.7 Å². The summed E-state index contributed by atoms with van der Waals surface area (Å²) in [5, 5.41) is 43.8. The summed E-state index contributed by atoms with van der Waals surface area (Å²) in [4.78, 5) is 62.2. The van der Waals surface area contributed by atoms with E-state index >= 15 is 0 Å². The van der Waals surface area contributed by atoms with Gasteiger partial charge in [-0.1, -0.05) is 0 Å². The predicted molar refractivity (Wildman–Crippen MR) is 213 cm³/mol. The van der Waals surface area contributed by atoms with Crippen molar-refractivity contribution in [1.82, 2.24) is 9.88 Å². The van der Waals surface area contributed by atoms with Gasteiger partial charge in [-0.05, 0) is 105 Å². The third kappa shape index (κ3) is 10.7. The number of amides is 4. The maximum Gasteiger partial charge on any atom is 0.352 e. The van der Waals surface area contributed by atoms with Gasteiger partial charge in [0, 0.05) is 54.3 Å². The van der Waals surface area contributed by atoms with Gasteiger partial charge in [0.25, 0.3) is 17.7 Å². The molecule has 4 aromatic carbocycles. The van der Waals surface area contributed by atoms with E-state index in [0.717, 1.165) is 0 Å². The number of nitrogens with zero attached hydrogens (tertiary/aromatic N) is 2. The van der Waals surface area contributed by atoms with E-state index in [0.29, 0.717) is 28.2 Å². The second-order valence-corrected chi connectivity index (χ2v) is 13.1. The summed E-state index contributed by atoms with van der Waals surface area (Å²) >= 11 is 0. The Balaban J connectivity index is 1.19. The molecular weight excluding hydrogens is 732 g/mol. The molecule has 0 saturated heterocycles. The summed E-state index contributed by atoms with van der Waals surface area (Å²) < 4.78 is 7.28. The molecule has 0 spiro atoms. The minimum absolute atomic E-state index is 0.0148. The average Bonchev–Trinajstić information content (AvgIpc) is 3.56. The Morgan fingerprint density at radius 1 is 0.789 bits per heavy atom. The van der Waals surface area contributed by atoms with Crippen LogP contribution >= 0.6 is 0 Å². The first-order chi connectivity index (χ1) is 27.2. The van der Waals surface area contributed by atoms with E-state index in [1.807, 2.05) is 6.07 Å². The Kier molecular flexibility index (Phi) is 12.8. The van der Waals surface area contributed by atoms with Gasteiger partial charge >= 0.3 is 5.97 Å². The number of carbonyl (C=O) groups excluding carboxylic acids is 4. The van der Waals surface area contributed by atoms with Crippen LogP contribution in [0.1, 0.15) is 67.4 Å². The SMILES string of the molecule is CC(C)Oc1c(NC(=O)c2ccc(NC[C@H](CC(N)=O)NC(=O)c3ccc(NC(=O)c4ccc(C#N)cc4)cc3)cc2)ccc(Nc2cc(C(=O)O)n(C)c2)c1O. The van der Waals surface area contributed by atoms with Crippen LogP contribution in [0.5, 0.6) is 11.5 Å². The molecule has 0 saturated carbocycles. The van der Waals surface area contributed by atoms with Crippen molar-refractivity contribution in [2.24, 2.45) is 12.8 Å². The van der Waals surface area contributed by atoms with Crippen LogP contribution < -0.4 is 37.1 Å². The lowest BCUT2D eigenvalue weighted by Gasteiger charge is -2.19. The molecule has 1 aromatic heterocycles. The molecule has 0 aliphatic carbocycles. The molecule has 0 aliphatic rings. The predicted octanol–water partition coefficient (Wildman–Crippen LogP) is 5.42. The number of aromatic carboxylic acids is 1. The molecule has 0 aliphatic heterocycles. The topological polar surface area (TPSA) is 250 Å². The van der Waals surface area contributed by atoms with Gasteiger partial charge in [-0.25, -0.2) is 4.79 Å². The highest BCUT2D eigenvalue weighted by Crippen LogP contribution is 2.42. The van der Waals surface area contributed by atoms with Gasteiger partial charge < -0.3 is 51.8 Å². The summed E-state index contributed by atoms with van der Waals surface area (Å²) in [6.07, 6.45) is 1.03. The van der Waals surface area contributed by atoms with Crippen LogP contribution in [0.25, 0.3) is 0 Å². The lowest BCUT2D eigenvalue weighted by atomic mass is 10.1. The lowest BCUT2D eigenvalue weighted by Crippen LogP contribution is -2.42. The van der Waals surface area contributed by atoms with Gasteiger partial charge in [0.15, 0.2) is 11.5 Å². The van der Waals surface area contributed by atoms with Crippen molar-refractivity contribution in [3.8, 4) is 17.6 Å². The quantitative estimate of drug-likeness (QED) is 0.0588. The van der Waals surface area contributed by atoms with Crippen molar-refractivity contribution in [1.29, 1.82) is 5.26 Å². The Bertz CT molecular complexity index is 2330. The number of aryl methyl sites for hydroxylation is 1. The van der Waals surface area contributed by atoms with E-state index in [4.69, 9.17) is 15.7 Å². The number of nitrogens with two attached hydrogens (primary N) is 1. The first kappa shape index (κ1) is 40.4. The Hall–Kier alpha value is -7.80. The molecule has 1 heterocycles. The zero-order chi connectivity index (χ0) is 41.2. The van der Waals surface area contributed by atoms with Crippen molar-refractivity contribution in [2.75, 3.05) is 27.8 Å². The van der Waals surface area contributed by atoms with Crippen molar-refractivity contribution in [2.45, 2.75) is 32.4 Å². The highest BCUT2D eigenvalue weighted by atomic mass is 16.5. The average molecular weight is 773 g/mol. The number of carbonyl (C=O) groups is 5. The number of benzene rings is 4. The Morgan fingerprint density at radius 3 is 1.91 bits per heavy atom. The summed E-state index contributed by atoms with van der Waals surface area (Å²) in [6, 6.07) is 24.5. The molecule has 0 unspecified atom stereocenters. The summed E-state index contributed by atoms with van der Waals surface area (Å²) in [5.74, 6) is -3.36. The van der Waals surface area contributed by atoms with Crippen LogP contribution in [-0.4, -0.2) is 63.1 Å². The molecule has 4 amide bonds. The normalized spacial score (nSPS) is 11.1. The van der Waals surface area contributed by atoms with Crippen LogP contribution in [0.4, 0.5) is 28.4 Å². The number of nitrogens with one attached hydrogen (secondary N) is 5. The van der Waals surface area contributed by atoms with Crippen molar-refractivity contribution >= 4 is 58.0 Å². The number of rotatable bonds is 16. The van der Waals surface area contributed by atoms with Gasteiger partial charge in [0.2, 0.25) is 5.91 Å². The third-order valence-corrected chi connectivity index (χ3v) is 8.40. The number of ether oxygens (including phenoxy) is 1. The minimum Gasteiger partial charge on any atom is -0.503 e. The third-order valence-electron chi connectivity index (χ3n) is 8.40. The summed E-state index contributed by atoms with van der Waals surface area (Å²) in [6.45, 7) is 3.64. The van der Waals surface area contributed by atoms with Crippen molar-refractivity contribution < 1.29 is 38.9 Å².